The molecule has 10 rings (SSSR count). The zero-order chi connectivity index (χ0) is 40.2. The van der Waals surface area contributed by atoms with E-state index in [2.05, 4.69) is 34.7 Å². The molecule has 4 amide bonds. The number of nitrogens with two attached hydrogens (primary N) is 1. The minimum atomic E-state index is -0.962. The van der Waals surface area contributed by atoms with Gasteiger partial charge in [-0.15, -0.1) is 0 Å². The summed E-state index contributed by atoms with van der Waals surface area (Å²) in [6.45, 7) is 7.04. The maximum atomic E-state index is 13.4. The van der Waals surface area contributed by atoms with Gasteiger partial charge in [-0.3, -0.25) is 34.3 Å². The first-order valence-electron chi connectivity index (χ1n) is 20.7. The molecule has 4 fully saturated rings. The Hall–Kier alpha value is -6.19. The Kier molecular flexibility index (Phi) is 9.56. The topological polar surface area (TPSA) is 172 Å². The van der Waals surface area contributed by atoms with Crippen molar-refractivity contribution >= 4 is 46.2 Å². The SMILES string of the molecule is Nc1ncnc2c1c(-c1ccc(Oc3ccccc3)cc1)nn2C1CCN(CC2CN(C3CCN(c4ccc5c(c4)C(=O)N(C4CCC(=O)NC4=O)C5=O)CC3)C2)CC1. The van der Waals surface area contributed by atoms with Crippen molar-refractivity contribution in [2.75, 3.05) is 56.4 Å². The number of anilines is 2. The third-order valence-electron chi connectivity index (χ3n) is 12.8. The van der Waals surface area contributed by atoms with Crippen molar-refractivity contribution in [1.82, 2.24) is 39.8 Å². The number of likely N-dealkylation sites (tertiary alicyclic amines) is 2. The van der Waals surface area contributed by atoms with Crippen LogP contribution in [0.4, 0.5) is 11.5 Å². The lowest BCUT2D eigenvalue weighted by Gasteiger charge is -2.49. The zero-order valence-corrected chi connectivity index (χ0v) is 32.7. The average Bonchev–Trinajstić information content (AvgIpc) is 3.75. The highest BCUT2D eigenvalue weighted by Crippen LogP contribution is 2.37. The Balaban J connectivity index is 0.708. The number of amides is 4. The van der Waals surface area contributed by atoms with Crippen LogP contribution in [0.1, 0.15) is 65.3 Å². The molecule has 1 atom stereocenters. The Morgan fingerprint density at radius 3 is 2.22 bits per heavy atom. The van der Waals surface area contributed by atoms with Gasteiger partial charge in [-0.05, 0) is 92.6 Å². The molecule has 3 N–H and O–H groups in total. The molecule has 59 heavy (non-hydrogen) atoms. The number of ether oxygens (including phenoxy) is 1. The van der Waals surface area contributed by atoms with Crippen LogP contribution in [0.25, 0.3) is 22.3 Å². The fourth-order valence-corrected chi connectivity index (χ4v) is 9.64. The Labute approximate surface area is 341 Å². The van der Waals surface area contributed by atoms with Crippen LogP contribution in [-0.4, -0.2) is 116 Å². The van der Waals surface area contributed by atoms with E-state index < -0.39 is 23.8 Å². The lowest BCUT2D eigenvalue weighted by atomic mass is 9.92. The van der Waals surface area contributed by atoms with E-state index in [0.29, 0.717) is 28.9 Å². The van der Waals surface area contributed by atoms with Gasteiger partial charge in [0.2, 0.25) is 11.8 Å². The molecule has 5 aliphatic rings. The molecule has 0 saturated carbocycles. The van der Waals surface area contributed by atoms with Crippen LogP contribution in [-0.2, 0) is 9.59 Å². The van der Waals surface area contributed by atoms with Crippen molar-refractivity contribution in [1.29, 1.82) is 0 Å². The fourth-order valence-electron chi connectivity index (χ4n) is 9.64. The lowest BCUT2D eigenvalue weighted by Crippen LogP contribution is -2.58. The maximum absolute atomic E-state index is 13.4. The number of fused-ring (bicyclic) bond motifs is 2. The third-order valence-corrected chi connectivity index (χ3v) is 12.8. The lowest BCUT2D eigenvalue weighted by molar-refractivity contribution is -0.136. The number of carbonyl (C=O) groups excluding carboxylic acids is 4. The third kappa shape index (κ3) is 6.97. The van der Waals surface area contributed by atoms with E-state index in [1.807, 2.05) is 60.7 Å². The molecule has 4 saturated heterocycles. The average molecular weight is 795 g/mol. The standard InChI is InChI=1S/C44H46N10O5/c45-40-38-39(28-6-9-33(10-7-28)59-32-4-2-1-3-5-32)49-54(41(38)47-26-46-40)30-14-18-50(19-15-30)23-27-24-52(25-27)29-16-20-51(21-17-29)31-8-11-34-35(22-31)44(58)53(43(34)57)36-12-13-37(55)48-42(36)56/h1-11,22,26-27,29-30,36H,12-21,23-25H2,(H2,45,46,47)(H,48,55,56). The van der Waals surface area contributed by atoms with Gasteiger partial charge in [-0.25, -0.2) is 14.6 Å². The summed E-state index contributed by atoms with van der Waals surface area (Å²) in [7, 11) is 0. The molecule has 0 radical (unpaired) electrons. The summed E-state index contributed by atoms with van der Waals surface area (Å²) >= 11 is 0. The van der Waals surface area contributed by atoms with E-state index in [0.717, 1.165) is 116 Å². The van der Waals surface area contributed by atoms with Crippen LogP contribution in [0, 0.1) is 5.92 Å². The highest BCUT2D eigenvalue weighted by Gasteiger charge is 2.45. The number of hydrogen-bond acceptors (Lipinski definition) is 12. The van der Waals surface area contributed by atoms with Crippen molar-refractivity contribution in [3.8, 4) is 22.8 Å². The molecular weight excluding hydrogens is 749 g/mol. The van der Waals surface area contributed by atoms with Crippen LogP contribution < -0.4 is 20.7 Å². The first-order chi connectivity index (χ1) is 28.8. The Morgan fingerprint density at radius 2 is 1.47 bits per heavy atom. The van der Waals surface area contributed by atoms with Gasteiger partial charge in [0.1, 0.15) is 35.4 Å². The van der Waals surface area contributed by atoms with Gasteiger partial charge in [-0.2, -0.15) is 5.10 Å². The van der Waals surface area contributed by atoms with Crippen molar-refractivity contribution in [3.05, 3.63) is 90.3 Å². The molecule has 7 heterocycles. The van der Waals surface area contributed by atoms with Gasteiger partial charge in [0.05, 0.1) is 22.6 Å². The van der Waals surface area contributed by atoms with Gasteiger partial charge in [0.25, 0.3) is 11.8 Å². The number of imide groups is 2. The van der Waals surface area contributed by atoms with Gasteiger partial charge in [0, 0.05) is 69.5 Å². The maximum Gasteiger partial charge on any atom is 0.262 e. The molecular formula is C44H46N10O5. The second kappa shape index (κ2) is 15.2. The molecule has 1 unspecified atom stereocenters. The van der Waals surface area contributed by atoms with Gasteiger partial charge < -0.3 is 20.3 Å². The molecule has 2 aromatic heterocycles. The number of nitrogens with zero attached hydrogens (tertiary/aromatic N) is 8. The number of aromatic nitrogens is 4. The van der Waals surface area contributed by atoms with E-state index in [1.54, 1.807) is 12.1 Å². The molecule has 302 valence electrons. The summed E-state index contributed by atoms with van der Waals surface area (Å²) in [5.74, 6) is 0.679. The Morgan fingerprint density at radius 1 is 0.763 bits per heavy atom. The normalized spacial score (nSPS) is 21.3. The van der Waals surface area contributed by atoms with Crippen LogP contribution in [0.15, 0.2) is 79.1 Å². The van der Waals surface area contributed by atoms with Crippen LogP contribution in [0.2, 0.25) is 0 Å². The summed E-state index contributed by atoms with van der Waals surface area (Å²) in [5, 5.41) is 8.15. The smallest absolute Gasteiger partial charge is 0.262 e. The van der Waals surface area contributed by atoms with E-state index in [1.165, 1.54) is 6.33 Å². The number of para-hydroxylation sites is 1. The molecule has 3 aromatic carbocycles. The zero-order valence-electron chi connectivity index (χ0n) is 32.7. The number of carbonyl (C=O) groups is 4. The molecule has 15 heteroatoms. The van der Waals surface area contributed by atoms with E-state index in [-0.39, 0.29) is 24.8 Å². The summed E-state index contributed by atoms with van der Waals surface area (Å²) in [6.07, 6.45) is 5.80. The fraction of sp³-hybridized carbons (Fsp3) is 0.386. The summed E-state index contributed by atoms with van der Waals surface area (Å²) in [5.41, 5.74) is 10.5. The second-order valence-electron chi connectivity index (χ2n) is 16.4. The molecule has 15 nitrogen and oxygen atoms in total. The molecule has 5 aliphatic heterocycles. The monoisotopic (exact) mass is 794 g/mol. The number of piperidine rings is 3. The summed E-state index contributed by atoms with van der Waals surface area (Å²) in [4.78, 5) is 68.1. The van der Waals surface area contributed by atoms with Crippen LogP contribution in [0.3, 0.4) is 0 Å². The van der Waals surface area contributed by atoms with Crippen molar-refractivity contribution in [2.24, 2.45) is 5.92 Å². The van der Waals surface area contributed by atoms with Gasteiger partial charge in [-0.1, -0.05) is 18.2 Å². The van der Waals surface area contributed by atoms with E-state index >= 15 is 0 Å². The predicted molar refractivity (Wildman–Crippen MR) is 220 cm³/mol. The van der Waals surface area contributed by atoms with Crippen LogP contribution >= 0.6 is 0 Å². The first kappa shape index (κ1) is 37.1. The second-order valence-corrected chi connectivity index (χ2v) is 16.4. The van der Waals surface area contributed by atoms with Crippen molar-refractivity contribution in [3.63, 3.8) is 0 Å². The minimum absolute atomic E-state index is 0.101. The van der Waals surface area contributed by atoms with Gasteiger partial charge in [0.15, 0.2) is 5.65 Å². The number of rotatable bonds is 9. The van der Waals surface area contributed by atoms with E-state index in [4.69, 9.17) is 15.6 Å². The summed E-state index contributed by atoms with van der Waals surface area (Å²) in [6, 6.07) is 22.8. The largest absolute Gasteiger partial charge is 0.457 e. The number of hydrogen-bond donors (Lipinski definition) is 2. The number of nitrogens with one attached hydrogen (secondary N) is 1. The first-order valence-corrected chi connectivity index (χ1v) is 20.7. The van der Waals surface area contributed by atoms with Crippen molar-refractivity contribution in [2.45, 2.75) is 56.7 Å². The van der Waals surface area contributed by atoms with Crippen molar-refractivity contribution < 1.29 is 23.9 Å². The van der Waals surface area contributed by atoms with E-state index in [9.17, 15) is 19.2 Å². The molecule has 5 aromatic rings. The molecule has 0 bridgehead atoms. The highest BCUT2D eigenvalue weighted by molar-refractivity contribution is 6.23. The van der Waals surface area contributed by atoms with Crippen LogP contribution in [0.5, 0.6) is 11.5 Å². The number of nitrogen functional groups attached to an aromatic ring is 1. The minimum Gasteiger partial charge on any atom is -0.457 e. The quantitative estimate of drug-likeness (QED) is 0.201. The number of benzene rings is 3. The summed E-state index contributed by atoms with van der Waals surface area (Å²) < 4.78 is 8.08. The van der Waals surface area contributed by atoms with Gasteiger partial charge >= 0.3 is 0 Å². The predicted octanol–water partition coefficient (Wildman–Crippen LogP) is 4.51. The Bertz CT molecular complexity index is 2430. The highest BCUT2D eigenvalue weighted by atomic mass is 16.5. The molecule has 0 spiro atoms. The molecule has 0 aliphatic carbocycles.